The van der Waals surface area contributed by atoms with E-state index in [1.165, 1.54) is 7.11 Å². The Morgan fingerprint density at radius 3 is 2.67 bits per heavy atom. The third-order valence-electron chi connectivity index (χ3n) is 6.69. The highest BCUT2D eigenvalue weighted by Gasteiger charge is 2.26. The largest absolute Gasteiger partial charge is 0.481 e. The van der Waals surface area contributed by atoms with Crippen molar-refractivity contribution in [3.05, 3.63) is 100 Å². The van der Waals surface area contributed by atoms with E-state index in [4.69, 9.17) is 4.74 Å². The molecule has 1 amide bonds. The number of hydrogen-bond acceptors (Lipinski definition) is 5. The van der Waals surface area contributed by atoms with Crippen LogP contribution in [-0.4, -0.2) is 40.7 Å². The molecular formula is C29H25ClF3N5O2. The number of pyridine rings is 1. The predicted molar refractivity (Wildman–Crippen MR) is 147 cm³/mol. The van der Waals surface area contributed by atoms with Crippen molar-refractivity contribution in [3.63, 3.8) is 0 Å². The lowest BCUT2D eigenvalue weighted by Crippen LogP contribution is -2.34. The van der Waals surface area contributed by atoms with E-state index in [1.807, 2.05) is 0 Å². The highest BCUT2D eigenvalue weighted by molar-refractivity contribution is 5.96. The molecule has 3 heterocycles. The fourth-order valence-electron chi connectivity index (χ4n) is 4.81. The maximum atomic E-state index is 13.5. The Morgan fingerprint density at radius 1 is 1.18 bits per heavy atom. The maximum Gasteiger partial charge on any atom is 0.326 e. The Balaban J connectivity index is 0.00000370. The van der Waals surface area contributed by atoms with E-state index >= 15 is 0 Å². The molecule has 0 fully saturated rings. The van der Waals surface area contributed by atoms with Gasteiger partial charge in [-0.1, -0.05) is 12.2 Å². The third-order valence-corrected chi connectivity index (χ3v) is 6.69. The SMILES string of the molecule is COc1cc(CNC(=O)n2c3c(c4cc(C#N)ccc42)CN(C/C=C/c2cc(F)c(F)c(F)c2)CC3)ccn1.Cl. The summed E-state index contributed by atoms with van der Waals surface area (Å²) in [7, 11) is 1.53. The molecule has 2 aromatic heterocycles. The first-order chi connectivity index (χ1) is 18.9. The van der Waals surface area contributed by atoms with Crippen LogP contribution in [0.4, 0.5) is 18.0 Å². The molecule has 4 aromatic rings. The van der Waals surface area contributed by atoms with Crippen molar-refractivity contribution >= 4 is 35.4 Å². The summed E-state index contributed by atoms with van der Waals surface area (Å²) in [6, 6.07) is 12.6. The second-order valence-corrected chi connectivity index (χ2v) is 9.16. The van der Waals surface area contributed by atoms with Crippen molar-refractivity contribution in [3.8, 4) is 11.9 Å². The quantitative estimate of drug-likeness (QED) is 0.307. The molecule has 40 heavy (non-hydrogen) atoms. The lowest BCUT2D eigenvalue weighted by Gasteiger charge is -2.27. The van der Waals surface area contributed by atoms with E-state index in [2.05, 4.69) is 21.3 Å². The summed E-state index contributed by atoms with van der Waals surface area (Å²) in [5.41, 5.74) is 4.07. The number of carbonyl (C=O) groups excluding carboxylic acids is 1. The summed E-state index contributed by atoms with van der Waals surface area (Å²) in [6.07, 6.45) is 5.49. The number of methoxy groups -OCH3 is 1. The zero-order valence-electron chi connectivity index (χ0n) is 21.5. The molecule has 0 radical (unpaired) electrons. The number of halogens is 4. The van der Waals surface area contributed by atoms with Crippen molar-refractivity contribution in [2.75, 3.05) is 20.2 Å². The Kier molecular flexibility index (Phi) is 8.77. The first-order valence-electron chi connectivity index (χ1n) is 12.2. The predicted octanol–water partition coefficient (Wildman–Crippen LogP) is 5.59. The number of aromatic nitrogens is 2. The fourth-order valence-corrected chi connectivity index (χ4v) is 4.81. The number of nitrogens with zero attached hydrogens (tertiary/aromatic N) is 4. The van der Waals surface area contributed by atoms with Crippen LogP contribution in [-0.2, 0) is 19.5 Å². The number of nitrogens with one attached hydrogen (secondary N) is 1. The molecule has 7 nitrogen and oxygen atoms in total. The van der Waals surface area contributed by atoms with Crippen LogP contribution >= 0.6 is 12.4 Å². The molecule has 1 aliphatic heterocycles. The Bertz CT molecular complexity index is 1620. The minimum Gasteiger partial charge on any atom is -0.481 e. The monoisotopic (exact) mass is 567 g/mol. The van der Waals surface area contributed by atoms with Gasteiger partial charge in [0.15, 0.2) is 17.5 Å². The van der Waals surface area contributed by atoms with Crippen molar-refractivity contribution < 1.29 is 22.7 Å². The van der Waals surface area contributed by atoms with Crippen LogP contribution in [0.15, 0.2) is 54.7 Å². The summed E-state index contributed by atoms with van der Waals surface area (Å²) in [5, 5.41) is 13.2. The lowest BCUT2D eigenvalue weighted by atomic mass is 10.0. The fraction of sp³-hybridized carbons (Fsp3) is 0.207. The van der Waals surface area contributed by atoms with Crippen LogP contribution in [0.2, 0.25) is 0 Å². The van der Waals surface area contributed by atoms with Gasteiger partial charge in [-0.3, -0.25) is 9.47 Å². The van der Waals surface area contributed by atoms with E-state index in [0.717, 1.165) is 34.3 Å². The molecule has 0 saturated carbocycles. The average molecular weight is 568 g/mol. The molecule has 0 aliphatic carbocycles. The van der Waals surface area contributed by atoms with Crippen molar-refractivity contribution in [1.29, 1.82) is 5.26 Å². The maximum absolute atomic E-state index is 13.5. The molecule has 1 aliphatic rings. The van der Waals surface area contributed by atoms with Crippen molar-refractivity contribution in [1.82, 2.24) is 19.8 Å². The second kappa shape index (κ2) is 12.2. The molecule has 0 bridgehead atoms. The summed E-state index contributed by atoms with van der Waals surface area (Å²) in [6.45, 7) is 1.91. The van der Waals surface area contributed by atoms with Gasteiger partial charge in [0.2, 0.25) is 5.88 Å². The molecule has 206 valence electrons. The lowest BCUT2D eigenvalue weighted by molar-refractivity contribution is 0.240. The van der Waals surface area contributed by atoms with Gasteiger partial charge in [-0.15, -0.1) is 12.4 Å². The summed E-state index contributed by atoms with van der Waals surface area (Å²) in [5.74, 6) is -3.51. The van der Waals surface area contributed by atoms with E-state index in [1.54, 1.807) is 53.2 Å². The molecule has 0 saturated heterocycles. The first-order valence-corrected chi connectivity index (χ1v) is 12.2. The van der Waals surface area contributed by atoms with Crippen LogP contribution in [0.1, 0.15) is 27.9 Å². The zero-order valence-corrected chi connectivity index (χ0v) is 22.3. The van der Waals surface area contributed by atoms with Gasteiger partial charge < -0.3 is 10.1 Å². The van der Waals surface area contributed by atoms with E-state index in [-0.39, 0.29) is 30.5 Å². The number of benzene rings is 2. The summed E-state index contributed by atoms with van der Waals surface area (Å²) >= 11 is 0. The molecule has 1 N–H and O–H groups in total. The Morgan fingerprint density at radius 2 is 1.95 bits per heavy atom. The number of amides is 1. The standard InChI is InChI=1S/C29H24F3N5O2.ClH/c1-39-27-14-20(6-8-34-27)16-35-29(38)37-25-5-4-19(15-33)11-21(25)22-17-36(10-7-26(22)37)9-2-3-18-12-23(30)28(32)24(31)13-18;/h2-6,8,11-14H,7,9-10,16-17H2,1H3,(H,35,38);1H/b3-2+;. The molecule has 0 spiro atoms. The van der Waals surface area contributed by atoms with Crippen molar-refractivity contribution in [2.45, 2.75) is 19.5 Å². The molecule has 0 unspecified atom stereocenters. The molecule has 5 rings (SSSR count). The normalized spacial score (nSPS) is 13.1. The molecule has 2 aromatic carbocycles. The van der Waals surface area contributed by atoms with Crippen LogP contribution in [0, 0.1) is 28.8 Å². The topological polar surface area (TPSA) is 83.2 Å². The highest BCUT2D eigenvalue weighted by Crippen LogP contribution is 2.32. The number of carbonyl (C=O) groups is 1. The number of hydrogen-bond donors (Lipinski definition) is 1. The molecule has 0 atom stereocenters. The minimum absolute atomic E-state index is 0. The van der Waals surface area contributed by atoms with Crippen molar-refractivity contribution in [2.24, 2.45) is 0 Å². The number of ether oxygens (including phenoxy) is 1. The van der Waals surface area contributed by atoms with Gasteiger partial charge in [0, 0.05) is 55.9 Å². The van der Waals surface area contributed by atoms with E-state index in [9.17, 15) is 23.2 Å². The average Bonchev–Trinajstić information content (AvgIpc) is 3.27. The van der Waals surface area contributed by atoms with E-state index in [0.29, 0.717) is 43.0 Å². The number of nitriles is 1. The van der Waals surface area contributed by atoms with Gasteiger partial charge in [0.25, 0.3) is 0 Å². The third kappa shape index (κ3) is 5.81. The van der Waals surface area contributed by atoms with Crippen LogP contribution < -0.4 is 10.1 Å². The summed E-state index contributed by atoms with van der Waals surface area (Å²) < 4.78 is 47.1. The minimum atomic E-state index is -1.49. The van der Waals surface area contributed by atoms with E-state index < -0.39 is 17.5 Å². The van der Waals surface area contributed by atoms with Gasteiger partial charge in [-0.2, -0.15) is 5.26 Å². The van der Waals surface area contributed by atoms with Gasteiger partial charge in [-0.25, -0.2) is 22.9 Å². The number of fused-ring (bicyclic) bond motifs is 3. The zero-order chi connectivity index (χ0) is 27.5. The smallest absolute Gasteiger partial charge is 0.326 e. The van der Waals surface area contributed by atoms with Crippen LogP contribution in [0.25, 0.3) is 17.0 Å². The molecular weight excluding hydrogens is 543 g/mol. The number of rotatable bonds is 6. The second-order valence-electron chi connectivity index (χ2n) is 9.16. The highest BCUT2D eigenvalue weighted by atomic mass is 35.5. The van der Waals surface area contributed by atoms with Gasteiger partial charge in [0.1, 0.15) is 0 Å². The summed E-state index contributed by atoms with van der Waals surface area (Å²) in [4.78, 5) is 19.6. The van der Waals surface area contributed by atoms with Gasteiger partial charge in [0.05, 0.1) is 24.3 Å². The van der Waals surface area contributed by atoms with Gasteiger partial charge >= 0.3 is 6.03 Å². The first kappa shape index (κ1) is 28.7. The molecule has 11 heteroatoms. The van der Waals surface area contributed by atoms with Gasteiger partial charge in [-0.05, 0) is 53.1 Å². The van der Waals surface area contributed by atoms with Crippen LogP contribution in [0.3, 0.4) is 0 Å². The Labute approximate surface area is 234 Å². The van der Waals surface area contributed by atoms with Crippen LogP contribution in [0.5, 0.6) is 5.88 Å². The Hall–Kier alpha value is -4.33.